The SMILES string of the molecule is CC(C)CCOc1ccc(C(=O)N2CCN(C(=O)c3ccc(OCCC(C)C)c(Br)c3)CC2)cc1Br. The number of ether oxygens (including phenoxy) is 2. The van der Waals surface area contributed by atoms with Crippen LogP contribution in [-0.2, 0) is 0 Å². The van der Waals surface area contributed by atoms with E-state index in [1.54, 1.807) is 21.9 Å². The van der Waals surface area contributed by atoms with Crippen LogP contribution in [0.1, 0.15) is 61.3 Å². The predicted molar refractivity (Wildman–Crippen MR) is 150 cm³/mol. The Bertz CT molecular complexity index is 966. The molecule has 0 aromatic heterocycles. The lowest BCUT2D eigenvalue weighted by atomic mass is 10.1. The van der Waals surface area contributed by atoms with Gasteiger partial charge in [0.05, 0.1) is 22.2 Å². The standard InChI is InChI=1S/C28H36Br2N2O4/c1-19(2)9-15-35-25-7-5-21(17-23(25)29)27(33)31-11-13-32(14-12-31)28(34)22-6-8-26(24(30)18-22)36-16-10-20(3)4/h5-8,17-20H,9-16H2,1-4H3. The molecule has 1 aliphatic rings. The minimum Gasteiger partial charge on any atom is -0.492 e. The quantitative estimate of drug-likeness (QED) is 0.297. The van der Waals surface area contributed by atoms with Gasteiger partial charge in [0.2, 0.25) is 0 Å². The van der Waals surface area contributed by atoms with E-state index in [9.17, 15) is 9.59 Å². The molecular formula is C28H36Br2N2O4. The Morgan fingerprint density at radius 2 is 1.08 bits per heavy atom. The van der Waals surface area contributed by atoms with Crippen molar-refractivity contribution < 1.29 is 19.1 Å². The van der Waals surface area contributed by atoms with Gasteiger partial charge in [-0.2, -0.15) is 0 Å². The van der Waals surface area contributed by atoms with Crippen LogP contribution >= 0.6 is 31.9 Å². The molecule has 0 saturated carbocycles. The Morgan fingerprint density at radius 3 is 1.39 bits per heavy atom. The number of carbonyl (C=O) groups excluding carboxylic acids is 2. The summed E-state index contributed by atoms with van der Waals surface area (Å²) in [6.07, 6.45) is 1.95. The lowest BCUT2D eigenvalue weighted by Crippen LogP contribution is -2.50. The van der Waals surface area contributed by atoms with Crippen molar-refractivity contribution in [2.75, 3.05) is 39.4 Å². The van der Waals surface area contributed by atoms with Crippen LogP contribution in [0.3, 0.4) is 0 Å². The van der Waals surface area contributed by atoms with Gasteiger partial charge in [0.25, 0.3) is 11.8 Å². The Kier molecular flexibility index (Phi) is 10.7. The topological polar surface area (TPSA) is 59.1 Å². The lowest BCUT2D eigenvalue weighted by Gasteiger charge is -2.35. The van der Waals surface area contributed by atoms with Crippen LogP contribution < -0.4 is 9.47 Å². The molecule has 2 aromatic carbocycles. The second-order valence-electron chi connectivity index (χ2n) is 9.94. The molecule has 8 heteroatoms. The second-order valence-corrected chi connectivity index (χ2v) is 11.6. The van der Waals surface area contributed by atoms with E-state index in [1.807, 2.05) is 24.3 Å². The van der Waals surface area contributed by atoms with Crippen molar-refractivity contribution in [3.63, 3.8) is 0 Å². The number of nitrogens with zero attached hydrogens (tertiary/aromatic N) is 2. The average molecular weight is 624 g/mol. The van der Waals surface area contributed by atoms with Crippen molar-refractivity contribution in [3.8, 4) is 11.5 Å². The molecule has 1 saturated heterocycles. The summed E-state index contributed by atoms with van der Waals surface area (Å²) < 4.78 is 13.2. The average Bonchev–Trinajstić information content (AvgIpc) is 2.84. The molecule has 6 nitrogen and oxygen atoms in total. The van der Waals surface area contributed by atoms with Crippen molar-refractivity contribution in [3.05, 3.63) is 56.5 Å². The minimum absolute atomic E-state index is 0.0397. The van der Waals surface area contributed by atoms with Crippen LogP contribution in [0.4, 0.5) is 0 Å². The van der Waals surface area contributed by atoms with Gasteiger partial charge in [-0.05, 0) is 92.9 Å². The van der Waals surface area contributed by atoms with E-state index in [2.05, 4.69) is 59.6 Å². The Morgan fingerprint density at radius 1 is 0.722 bits per heavy atom. The lowest BCUT2D eigenvalue weighted by molar-refractivity contribution is 0.0535. The molecule has 2 amide bonds. The molecule has 1 aliphatic heterocycles. The van der Waals surface area contributed by atoms with Crippen LogP contribution in [0, 0.1) is 11.8 Å². The summed E-state index contributed by atoms with van der Waals surface area (Å²) in [7, 11) is 0. The van der Waals surface area contributed by atoms with E-state index in [4.69, 9.17) is 9.47 Å². The Labute approximate surface area is 231 Å². The fourth-order valence-corrected chi connectivity index (χ4v) is 4.78. The van der Waals surface area contributed by atoms with Gasteiger partial charge >= 0.3 is 0 Å². The molecule has 2 aromatic rings. The zero-order chi connectivity index (χ0) is 26.2. The van der Waals surface area contributed by atoms with E-state index in [0.717, 1.165) is 33.3 Å². The van der Waals surface area contributed by atoms with Crippen LogP contribution in [0.15, 0.2) is 45.3 Å². The highest BCUT2D eigenvalue weighted by atomic mass is 79.9. The van der Waals surface area contributed by atoms with Crippen molar-refractivity contribution in [2.45, 2.75) is 40.5 Å². The van der Waals surface area contributed by atoms with Gasteiger partial charge in [-0.1, -0.05) is 27.7 Å². The number of halogens is 2. The number of carbonyl (C=O) groups is 2. The molecule has 0 bridgehead atoms. The van der Waals surface area contributed by atoms with E-state index >= 15 is 0 Å². The van der Waals surface area contributed by atoms with Gasteiger partial charge in [-0.3, -0.25) is 9.59 Å². The highest BCUT2D eigenvalue weighted by Crippen LogP contribution is 2.28. The number of hydrogen-bond donors (Lipinski definition) is 0. The molecule has 3 rings (SSSR count). The summed E-state index contributed by atoms with van der Waals surface area (Å²) in [4.78, 5) is 29.7. The van der Waals surface area contributed by atoms with Crippen LogP contribution in [0.2, 0.25) is 0 Å². The summed E-state index contributed by atoms with van der Waals surface area (Å²) in [5.41, 5.74) is 1.21. The Balaban J connectivity index is 1.53. The first-order chi connectivity index (χ1) is 17.2. The van der Waals surface area contributed by atoms with Gasteiger partial charge in [-0.25, -0.2) is 0 Å². The molecule has 1 fully saturated rings. The maximum atomic E-state index is 13.1. The fourth-order valence-electron chi connectivity index (χ4n) is 3.79. The molecule has 196 valence electrons. The zero-order valence-corrected chi connectivity index (χ0v) is 24.7. The van der Waals surface area contributed by atoms with Crippen molar-refractivity contribution in [1.82, 2.24) is 9.80 Å². The maximum absolute atomic E-state index is 13.1. The minimum atomic E-state index is -0.0397. The van der Waals surface area contributed by atoms with Crippen LogP contribution in [0.5, 0.6) is 11.5 Å². The molecule has 0 atom stereocenters. The van der Waals surface area contributed by atoms with E-state index in [-0.39, 0.29) is 11.8 Å². The molecule has 0 spiro atoms. The first kappa shape index (κ1) is 28.5. The van der Waals surface area contributed by atoms with Crippen molar-refractivity contribution >= 4 is 43.7 Å². The number of amides is 2. The number of hydrogen-bond acceptors (Lipinski definition) is 4. The van der Waals surface area contributed by atoms with Gasteiger partial charge < -0.3 is 19.3 Å². The summed E-state index contributed by atoms with van der Waals surface area (Å²) in [6, 6.07) is 10.9. The smallest absolute Gasteiger partial charge is 0.254 e. The van der Waals surface area contributed by atoms with Crippen molar-refractivity contribution in [1.29, 1.82) is 0 Å². The number of benzene rings is 2. The second kappa shape index (κ2) is 13.5. The van der Waals surface area contributed by atoms with Crippen LogP contribution in [-0.4, -0.2) is 61.0 Å². The molecule has 36 heavy (non-hydrogen) atoms. The third-order valence-corrected chi connectivity index (χ3v) is 7.36. The largest absolute Gasteiger partial charge is 0.492 e. The number of piperazine rings is 1. The molecule has 0 N–H and O–H groups in total. The summed E-state index contributed by atoms with van der Waals surface area (Å²) in [6.45, 7) is 11.9. The normalized spacial score (nSPS) is 13.9. The number of rotatable bonds is 10. The predicted octanol–water partition coefficient (Wildman–Crippen LogP) is 6.66. The third kappa shape index (κ3) is 7.97. The van der Waals surface area contributed by atoms with Gasteiger partial charge in [0.15, 0.2) is 0 Å². The maximum Gasteiger partial charge on any atom is 0.254 e. The van der Waals surface area contributed by atoms with E-state index in [0.29, 0.717) is 62.4 Å². The molecular weight excluding hydrogens is 588 g/mol. The molecule has 0 aliphatic carbocycles. The molecule has 1 heterocycles. The van der Waals surface area contributed by atoms with Gasteiger partial charge in [0, 0.05) is 37.3 Å². The van der Waals surface area contributed by atoms with Crippen molar-refractivity contribution in [2.24, 2.45) is 11.8 Å². The van der Waals surface area contributed by atoms with Crippen LogP contribution in [0.25, 0.3) is 0 Å². The summed E-state index contributed by atoms with van der Waals surface area (Å²) in [5, 5.41) is 0. The highest BCUT2D eigenvalue weighted by molar-refractivity contribution is 9.10. The first-order valence-corrected chi connectivity index (χ1v) is 14.2. The van der Waals surface area contributed by atoms with Gasteiger partial charge in [0.1, 0.15) is 11.5 Å². The van der Waals surface area contributed by atoms with Gasteiger partial charge in [-0.15, -0.1) is 0 Å². The highest BCUT2D eigenvalue weighted by Gasteiger charge is 2.26. The monoisotopic (exact) mass is 622 g/mol. The fraction of sp³-hybridized carbons (Fsp3) is 0.500. The van der Waals surface area contributed by atoms with E-state index in [1.165, 1.54) is 0 Å². The summed E-state index contributed by atoms with van der Waals surface area (Å²) >= 11 is 7.06. The first-order valence-electron chi connectivity index (χ1n) is 12.6. The molecule has 0 radical (unpaired) electrons. The molecule has 0 unspecified atom stereocenters. The zero-order valence-electron chi connectivity index (χ0n) is 21.6. The van der Waals surface area contributed by atoms with E-state index < -0.39 is 0 Å². The Hall–Kier alpha value is -2.06. The third-order valence-electron chi connectivity index (χ3n) is 6.12. The summed E-state index contributed by atoms with van der Waals surface area (Å²) in [5.74, 6) is 2.55.